The van der Waals surface area contributed by atoms with E-state index in [1.165, 1.54) is 9.80 Å². The van der Waals surface area contributed by atoms with Crippen LogP contribution in [0.4, 0.5) is 11.4 Å². The van der Waals surface area contributed by atoms with Crippen molar-refractivity contribution in [1.82, 2.24) is 9.80 Å². The monoisotopic (exact) mass is 640 g/mol. The molecule has 0 aromatic heterocycles. The molecule has 0 saturated carbocycles. The molecule has 0 unspecified atom stereocenters. The van der Waals surface area contributed by atoms with E-state index >= 15 is 0 Å². The van der Waals surface area contributed by atoms with Gasteiger partial charge in [-0.05, 0) is 87.1 Å². The van der Waals surface area contributed by atoms with Crippen LogP contribution in [0.5, 0.6) is 0 Å². The summed E-state index contributed by atoms with van der Waals surface area (Å²) in [7, 11) is 0. The number of nitrogens with zero attached hydrogens (tertiary/aromatic N) is 2. The van der Waals surface area contributed by atoms with Crippen molar-refractivity contribution in [2.45, 2.75) is 53.4 Å². The van der Waals surface area contributed by atoms with E-state index in [9.17, 15) is 19.2 Å². The van der Waals surface area contributed by atoms with Gasteiger partial charge >= 0.3 is 0 Å². The van der Waals surface area contributed by atoms with E-state index < -0.39 is 0 Å². The summed E-state index contributed by atoms with van der Waals surface area (Å²) >= 11 is 13.0. The maximum atomic E-state index is 13.2. The Morgan fingerprint density at radius 2 is 0.976 bits per heavy atom. The summed E-state index contributed by atoms with van der Waals surface area (Å²) in [4.78, 5) is 54.7. The molecular formula is C30H32N4O4S4. The van der Waals surface area contributed by atoms with Gasteiger partial charge < -0.3 is 10.6 Å². The van der Waals surface area contributed by atoms with Crippen molar-refractivity contribution in [2.24, 2.45) is 0 Å². The standard InChI is InChI=1S/C30H32N4O4S4/c1-17-11-18(2)14-21(13-17)31-23(35)7-5-9-33-27(37)25(41-29(33)39)26-28(38)34(30(40)42-26)10-6-8-24(36)32-22-15-19(3)12-20(4)16-22/h11-16H,5-10H2,1-4H3,(H,31,35)(H,32,36). The average Bonchev–Trinajstić information content (AvgIpc) is 3.32. The van der Waals surface area contributed by atoms with Crippen LogP contribution >= 0.6 is 48.0 Å². The topological polar surface area (TPSA) is 98.8 Å². The van der Waals surface area contributed by atoms with Crippen molar-refractivity contribution in [3.8, 4) is 0 Å². The molecule has 4 amide bonds. The first-order valence-corrected chi connectivity index (χ1v) is 15.9. The summed E-state index contributed by atoms with van der Waals surface area (Å²) in [6.45, 7) is 8.42. The second kappa shape index (κ2) is 13.9. The zero-order valence-electron chi connectivity index (χ0n) is 23.9. The number of amides is 4. The minimum Gasteiger partial charge on any atom is -0.326 e. The first-order valence-electron chi connectivity index (χ1n) is 13.5. The van der Waals surface area contributed by atoms with Gasteiger partial charge in [-0.15, -0.1) is 0 Å². The molecular weight excluding hydrogens is 609 g/mol. The van der Waals surface area contributed by atoms with E-state index in [2.05, 4.69) is 10.6 Å². The van der Waals surface area contributed by atoms with Crippen LogP contribution in [0.1, 0.15) is 47.9 Å². The number of carbonyl (C=O) groups is 4. The summed E-state index contributed by atoms with van der Waals surface area (Å²) in [5.41, 5.74) is 5.73. The van der Waals surface area contributed by atoms with Gasteiger partial charge in [0, 0.05) is 37.3 Å². The summed E-state index contributed by atoms with van der Waals surface area (Å²) in [5.74, 6) is -0.996. The molecule has 2 saturated heterocycles. The third kappa shape index (κ3) is 8.06. The van der Waals surface area contributed by atoms with Crippen LogP contribution in [0.2, 0.25) is 0 Å². The summed E-state index contributed by atoms with van der Waals surface area (Å²) in [6.07, 6.45) is 1.28. The summed E-state index contributed by atoms with van der Waals surface area (Å²) in [5, 5.41) is 5.80. The highest BCUT2D eigenvalue weighted by Crippen LogP contribution is 2.42. The van der Waals surface area contributed by atoms with E-state index in [0.29, 0.717) is 21.5 Å². The lowest BCUT2D eigenvalue weighted by molar-refractivity contribution is -0.124. The number of hydrogen-bond donors (Lipinski definition) is 2. The van der Waals surface area contributed by atoms with Gasteiger partial charge in [0.15, 0.2) is 0 Å². The number of hydrogen-bond acceptors (Lipinski definition) is 8. The summed E-state index contributed by atoms with van der Waals surface area (Å²) in [6, 6.07) is 11.7. The number of anilines is 2. The van der Waals surface area contributed by atoms with Crippen LogP contribution in [-0.4, -0.2) is 55.2 Å². The van der Waals surface area contributed by atoms with Crippen LogP contribution in [-0.2, 0) is 19.2 Å². The number of carbonyl (C=O) groups excluding carboxylic acids is 4. The SMILES string of the molecule is Cc1cc(C)cc(NC(=O)CCCN2C(=O)C(=C3SC(=S)N(CCCC(=O)Nc4cc(C)cc(C)c4)C3=O)SC2=S)c1. The fraction of sp³-hybridized carbons (Fsp3) is 0.333. The second-order valence-electron chi connectivity index (χ2n) is 10.4. The number of thioether (sulfide) groups is 2. The molecule has 2 aromatic rings. The molecule has 12 heteroatoms. The van der Waals surface area contributed by atoms with E-state index in [-0.39, 0.29) is 59.4 Å². The number of thiocarbonyl (C=S) groups is 2. The van der Waals surface area contributed by atoms with Crippen molar-refractivity contribution in [2.75, 3.05) is 23.7 Å². The Bertz CT molecular complexity index is 1370. The Balaban J connectivity index is 1.28. The van der Waals surface area contributed by atoms with Crippen LogP contribution in [0.3, 0.4) is 0 Å². The molecule has 0 spiro atoms. The average molecular weight is 641 g/mol. The van der Waals surface area contributed by atoms with Gasteiger partial charge in [0.05, 0.1) is 9.81 Å². The fourth-order valence-electron chi connectivity index (χ4n) is 4.79. The second-order valence-corrected chi connectivity index (χ2v) is 13.7. The highest BCUT2D eigenvalue weighted by atomic mass is 32.2. The molecule has 2 aliphatic rings. The quantitative estimate of drug-likeness (QED) is 0.242. The number of rotatable bonds is 10. The van der Waals surface area contributed by atoms with E-state index in [1.807, 2.05) is 64.1 Å². The predicted molar refractivity (Wildman–Crippen MR) is 178 cm³/mol. The highest BCUT2D eigenvalue weighted by molar-refractivity contribution is 8.29. The molecule has 2 aliphatic heterocycles. The zero-order valence-corrected chi connectivity index (χ0v) is 27.1. The largest absolute Gasteiger partial charge is 0.326 e. The molecule has 4 rings (SSSR count). The Morgan fingerprint density at radius 1 is 0.643 bits per heavy atom. The van der Waals surface area contributed by atoms with E-state index in [4.69, 9.17) is 24.4 Å². The molecule has 2 N–H and O–H groups in total. The van der Waals surface area contributed by atoms with Gasteiger partial charge in [-0.1, -0.05) is 60.1 Å². The predicted octanol–water partition coefficient (Wildman–Crippen LogP) is 5.99. The zero-order chi connectivity index (χ0) is 30.6. The minimum absolute atomic E-state index is 0.144. The van der Waals surface area contributed by atoms with Crippen molar-refractivity contribution < 1.29 is 19.2 Å². The number of benzene rings is 2. The highest BCUT2D eigenvalue weighted by Gasteiger charge is 2.41. The van der Waals surface area contributed by atoms with Gasteiger partial charge in [-0.3, -0.25) is 29.0 Å². The van der Waals surface area contributed by atoms with Crippen molar-refractivity contribution in [1.29, 1.82) is 0 Å². The molecule has 0 radical (unpaired) electrons. The molecule has 220 valence electrons. The Hall–Kier alpha value is -3.06. The van der Waals surface area contributed by atoms with Crippen molar-refractivity contribution in [3.05, 3.63) is 68.5 Å². The molecule has 42 heavy (non-hydrogen) atoms. The first-order chi connectivity index (χ1) is 19.9. The first kappa shape index (κ1) is 31.9. The molecule has 0 atom stereocenters. The van der Waals surface area contributed by atoms with Crippen LogP contribution in [0.25, 0.3) is 0 Å². The van der Waals surface area contributed by atoms with Gasteiger partial charge in [-0.25, -0.2) is 0 Å². The molecule has 2 heterocycles. The third-order valence-electron chi connectivity index (χ3n) is 6.49. The van der Waals surface area contributed by atoms with E-state index in [1.54, 1.807) is 0 Å². The summed E-state index contributed by atoms with van der Waals surface area (Å²) < 4.78 is 0.691. The van der Waals surface area contributed by atoms with Crippen LogP contribution < -0.4 is 10.6 Å². The van der Waals surface area contributed by atoms with Crippen LogP contribution in [0, 0.1) is 27.7 Å². The fourth-order valence-corrected chi connectivity index (χ4v) is 7.56. The minimum atomic E-state index is -0.354. The maximum Gasteiger partial charge on any atom is 0.267 e. The van der Waals surface area contributed by atoms with Crippen molar-refractivity contribution >= 4 is 91.6 Å². The Labute approximate surface area is 265 Å². The van der Waals surface area contributed by atoms with Gasteiger partial charge in [-0.2, -0.15) is 0 Å². The lowest BCUT2D eigenvalue weighted by Gasteiger charge is -2.15. The Kier molecular flexibility index (Phi) is 10.6. The lowest BCUT2D eigenvalue weighted by Crippen LogP contribution is -2.31. The van der Waals surface area contributed by atoms with Gasteiger partial charge in [0.1, 0.15) is 8.64 Å². The van der Waals surface area contributed by atoms with Gasteiger partial charge in [0.25, 0.3) is 11.8 Å². The van der Waals surface area contributed by atoms with Gasteiger partial charge in [0.2, 0.25) is 11.8 Å². The smallest absolute Gasteiger partial charge is 0.267 e. The normalized spacial score (nSPS) is 17.0. The maximum absolute atomic E-state index is 13.2. The van der Waals surface area contributed by atoms with Crippen molar-refractivity contribution in [3.63, 3.8) is 0 Å². The van der Waals surface area contributed by atoms with E-state index in [0.717, 1.165) is 57.2 Å². The number of aryl methyl sites for hydroxylation is 4. The Morgan fingerprint density at radius 3 is 1.31 bits per heavy atom. The van der Waals surface area contributed by atoms with Crippen LogP contribution in [0.15, 0.2) is 46.2 Å². The molecule has 8 nitrogen and oxygen atoms in total. The molecule has 2 fully saturated rings. The number of nitrogens with one attached hydrogen (secondary N) is 2. The molecule has 0 bridgehead atoms. The third-order valence-corrected chi connectivity index (χ3v) is 9.51. The molecule has 0 aliphatic carbocycles. The molecule has 2 aromatic carbocycles. The lowest BCUT2D eigenvalue weighted by atomic mass is 10.1.